The van der Waals surface area contributed by atoms with Crippen molar-refractivity contribution >= 4 is 0 Å². The van der Waals surface area contributed by atoms with E-state index in [1.807, 2.05) is 6.07 Å². The molecule has 0 saturated heterocycles. The first kappa shape index (κ1) is 12.6. The van der Waals surface area contributed by atoms with Crippen LogP contribution in [0, 0.1) is 0 Å². The molecule has 2 rings (SSSR count). The molecule has 1 heterocycles. The molecule has 5 heteroatoms. The fourth-order valence-corrected chi connectivity index (χ4v) is 1.65. The Morgan fingerprint density at radius 2 is 2.22 bits per heavy atom. The summed E-state index contributed by atoms with van der Waals surface area (Å²) in [5.41, 5.74) is 0.737. The monoisotopic (exact) mass is 247 g/mol. The van der Waals surface area contributed by atoms with Gasteiger partial charge in [0.05, 0.1) is 0 Å². The third-order valence-corrected chi connectivity index (χ3v) is 2.55. The highest BCUT2D eigenvalue weighted by molar-refractivity contribution is 5.54. The van der Waals surface area contributed by atoms with Crippen LogP contribution in [-0.2, 0) is 6.42 Å². The van der Waals surface area contributed by atoms with Crippen molar-refractivity contribution in [1.82, 2.24) is 15.5 Å². The average molecular weight is 247 g/mol. The lowest BCUT2D eigenvalue weighted by Gasteiger charge is -1.98. The van der Waals surface area contributed by atoms with Gasteiger partial charge in [-0.25, -0.2) is 0 Å². The summed E-state index contributed by atoms with van der Waals surface area (Å²) in [4.78, 5) is 0. The first-order valence-electron chi connectivity index (χ1n) is 6.12. The number of nitrogens with one attached hydrogen (secondary N) is 1. The first-order chi connectivity index (χ1) is 8.79. The Morgan fingerprint density at radius 1 is 1.33 bits per heavy atom. The van der Waals surface area contributed by atoms with Crippen molar-refractivity contribution in [2.24, 2.45) is 0 Å². The van der Waals surface area contributed by atoms with E-state index in [-0.39, 0.29) is 5.75 Å². The van der Waals surface area contributed by atoms with Gasteiger partial charge in [0.25, 0.3) is 0 Å². The van der Waals surface area contributed by atoms with E-state index in [4.69, 9.17) is 4.42 Å². The standard InChI is InChI=1S/C13H17N3O2/c1-2-14-8-4-7-12-15-16-13(18-12)10-5-3-6-11(17)9-10/h3,5-6,9,14,17H,2,4,7-8H2,1H3. The van der Waals surface area contributed by atoms with E-state index in [0.717, 1.165) is 31.5 Å². The van der Waals surface area contributed by atoms with Crippen molar-refractivity contribution in [1.29, 1.82) is 0 Å². The van der Waals surface area contributed by atoms with Gasteiger partial charge in [0.15, 0.2) is 0 Å². The summed E-state index contributed by atoms with van der Waals surface area (Å²) in [5.74, 6) is 1.27. The average Bonchev–Trinajstić information content (AvgIpc) is 2.83. The fraction of sp³-hybridized carbons (Fsp3) is 0.385. The summed E-state index contributed by atoms with van der Waals surface area (Å²) in [6, 6.07) is 6.79. The summed E-state index contributed by atoms with van der Waals surface area (Å²) in [5, 5.41) is 20.6. The number of aromatic hydroxyl groups is 1. The molecule has 1 aromatic heterocycles. The normalized spacial score (nSPS) is 10.7. The Labute approximate surface area is 106 Å². The lowest BCUT2D eigenvalue weighted by molar-refractivity contribution is 0.473. The largest absolute Gasteiger partial charge is 0.508 e. The molecular weight excluding hydrogens is 230 g/mol. The van der Waals surface area contributed by atoms with Crippen LogP contribution >= 0.6 is 0 Å². The quantitative estimate of drug-likeness (QED) is 0.764. The van der Waals surface area contributed by atoms with Gasteiger partial charge in [0.2, 0.25) is 11.8 Å². The summed E-state index contributed by atoms with van der Waals surface area (Å²) in [6.07, 6.45) is 1.73. The van der Waals surface area contributed by atoms with E-state index < -0.39 is 0 Å². The minimum absolute atomic E-state index is 0.194. The zero-order chi connectivity index (χ0) is 12.8. The minimum Gasteiger partial charge on any atom is -0.508 e. The Bertz CT molecular complexity index is 496. The van der Waals surface area contributed by atoms with Crippen LogP contribution in [0.25, 0.3) is 11.5 Å². The highest BCUT2D eigenvalue weighted by Gasteiger charge is 2.08. The smallest absolute Gasteiger partial charge is 0.247 e. The van der Waals surface area contributed by atoms with Crippen LogP contribution in [0.5, 0.6) is 5.75 Å². The molecule has 96 valence electrons. The third kappa shape index (κ3) is 3.30. The van der Waals surface area contributed by atoms with E-state index in [0.29, 0.717) is 11.8 Å². The fourth-order valence-electron chi connectivity index (χ4n) is 1.65. The Balaban J connectivity index is 1.97. The van der Waals surface area contributed by atoms with Crippen LogP contribution in [0.15, 0.2) is 28.7 Å². The van der Waals surface area contributed by atoms with Gasteiger partial charge in [0, 0.05) is 12.0 Å². The molecule has 1 aromatic carbocycles. The molecule has 0 saturated carbocycles. The van der Waals surface area contributed by atoms with E-state index in [9.17, 15) is 5.11 Å². The number of rotatable bonds is 6. The zero-order valence-electron chi connectivity index (χ0n) is 10.4. The predicted molar refractivity (Wildman–Crippen MR) is 68.3 cm³/mol. The van der Waals surface area contributed by atoms with Crippen molar-refractivity contribution in [3.8, 4) is 17.2 Å². The molecular formula is C13H17N3O2. The molecule has 0 amide bonds. The number of phenols is 1. The van der Waals surface area contributed by atoms with Crippen LogP contribution in [0.2, 0.25) is 0 Å². The van der Waals surface area contributed by atoms with Gasteiger partial charge in [-0.2, -0.15) is 0 Å². The van der Waals surface area contributed by atoms with Crippen LogP contribution in [0.4, 0.5) is 0 Å². The number of aromatic nitrogens is 2. The van der Waals surface area contributed by atoms with Gasteiger partial charge >= 0.3 is 0 Å². The van der Waals surface area contributed by atoms with Crippen molar-refractivity contribution < 1.29 is 9.52 Å². The van der Waals surface area contributed by atoms with Crippen LogP contribution in [0.3, 0.4) is 0 Å². The topological polar surface area (TPSA) is 71.2 Å². The number of aryl methyl sites for hydroxylation is 1. The molecule has 2 N–H and O–H groups in total. The van der Waals surface area contributed by atoms with Crippen molar-refractivity contribution in [2.45, 2.75) is 19.8 Å². The van der Waals surface area contributed by atoms with Crippen LogP contribution in [-0.4, -0.2) is 28.4 Å². The van der Waals surface area contributed by atoms with Gasteiger partial charge < -0.3 is 14.8 Å². The molecule has 18 heavy (non-hydrogen) atoms. The summed E-state index contributed by atoms with van der Waals surface area (Å²) in [6.45, 7) is 3.99. The second-order valence-corrected chi connectivity index (χ2v) is 4.01. The van der Waals surface area contributed by atoms with Crippen molar-refractivity contribution in [3.05, 3.63) is 30.2 Å². The number of hydrogen-bond donors (Lipinski definition) is 2. The molecule has 0 spiro atoms. The Hall–Kier alpha value is -1.88. The van der Waals surface area contributed by atoms with Gasteiger partial charge in [-0.05, 0) is 37.7 Å². The van der Waals surface area contributed by atoms with Crippen molar-refractivity contribution in [2.75, 3.05) is 13.1 Å². The molecule has 5 nitrogen and oxygen atoms in total. The number of benzene rings is 1. The summed E-state index contributed by atoms with van der Waals surface area (Å²) < 4.78 is 5.54. The van der Waals surface area contributed by atoms with E-state index in [1.165, 1.54) is 0 Å². The molecule has 0 radical (unpaired) electrons. The second-order valence-electron chi connectivity index (χ2n) is 4.01. The van der Waals surface area contributed by atoms with E-state index in [2.05, 4.69) is 22.4 Å². The Kier molecular flexibility index (Phi) is 4.30. The van der Waals surface area contributed by atoms with Gasteiger partial charge in [-0.15, -0.1) is 10.2 Å². The van der Waals surface area contributed by atoms with Crippen molar-refractivity contribution in [3.63, 3.8) is 0 Å². The van der Waals surface area contributed by atoms with E-state index in [1.54, 1.807) is 18.2 Å². The van der Waals surface area contributed by atoms with Gasteiger partial charge in [-0.1, -0.05) is 13.0 Å². The zero-order valence-corrected chi connectivity index (χ0v) is 10.4. The highest BCUT2D eigenvalue weighted by Crippen LogP contribution is 2.21. The maximum Gasteiger partial charge on any atom is 0.247 e. The molecule has 0 fully saturated rings. The van der Waals surface area contributed by atoms with Crippen LogP contribution < -0.4 is 5.32 Å². The summed E-state index contributed by atoms with van der Waals surface area (Å²) in [7, 11) is 0. The first-order valence-corrected chi connectivity index (χ1v) is 6.12. The Morgan fingerprint density at radius 3 is 3.00 bits per heavy atom. The molecule has 0 aliphatic carbocycles. The maximum absolute atomic E-state index is 9.38. The molecule has 2 aromatic rings. The molecule has 0 aliphatic rings. The predicted octanol–water partition coefficient (Wildman–Crippen LogP) is 1.98. The summed E-state index contributed by atoms with van der Waals surface area (Å²) >= 11 is 0. The van der Waals surface area contributed by atoms with E-state index >= 15 is 0 Å². The van der Waals surface area contributed by atoms with Crippen LogP contribution in [0.1, 0.15) is 19.2 Å². The molecule has 0 bridgehead atoms. The minimum atomic E-state index is 0.194. The van der Waals surface area contributed by atoms with Gasteiger partial charge in [0.1, 0.15) is 5.75 Å². The number of hydrogen-bond acceptors (Lipinski definition) is 5. The molecule has 0 atom stereocenters. The number of nitrogens with zero attached hydrogens (tertiary/aromatic N) is 2. The second kappa shape index (κ2) is 6.16. The number of phenolic OH excluding ortho intramolecular Hbond substituents is 1. The lowest BCUT2D eigenvalue weighted by atomic mass is 10.2. The lowest BCUT2D eigenvalue weighted by Crippen LogP contribution is -2.14. The SMILES string of the molecule is CCNCCCc1nnc(-c2cccc(O)c2)o1. The molecule has 0 aliphatic heterocycles. The highest BCUT2D eigenvalue weighted by atomic mass is 16.4. The molecule has 0 unspecified atom stereocenters. The van der Waals surface area contributed by atoms with Gasteiger partial charge in [-0.3, -0.25) is 0 Å². The third-order valence-electron chi connectivity index (χ3n) is 2.55. The maximum atomic E-state index is 9.38.